The monoisotopic (exact) mass is 243 g/mol. The molecule has 94 valence electrons. The highest BCUT2D eigenvalue weighted by Crippen LogP contribution is 2.42. The average molecular weight is 243 g/mol. The Hall–Kier alpha value is -1.69. The molecule has 3 nitrogen and oxygen atoms in total. The van der Waals surface area contributed by atoms with E-state index in [1.807, 2.05) is 18.2 Å². The maximum Gasteiger partial charge on any atom is 0.161 e. The SMILES string of the molecule is N#CC1(c2ccc3c(c2)OCCO3)CCCCC1. The van der Waals surface area contributed by atoms with Crippen LogP contribution in [0.2, 0.25) is 0 Å². The highest BCUT2D eigenvalue weighted by atomic mass is 16.6. The van der Waals surface area contributed by atoms with Gasteiger partial charge >= 0.3 is 0 Å². The molecule has 2 aliphatic rings. The van der Waals surface area contributed by atoms with Crippen molar-refractivity contribution in [2.45, 2.75) is 37.5 Å². The molecule has 1 saturated carbocycles. The summed E-state index contributed by atoms with van der Waals surface area (Å²) < 4.78 is 11.1. The Morgan fingerprint density at radius 2 is 1.72 bits per heavy atom. The molecule has 0 atom stereocenters. The van der Waals surface area contributed by atoms with Crippen molar-refractivity contribution in [2.75, 3.05) is 13.2 Å². The van der Waals surface area contributed by atoms with Gasteiger partial charge in [0.15, 0.2) is 11.5 Å². The van der Waals surface area contributed by atoms with Crippen LogP contribution >= 0.6 is 0 Å². The maximum atomic E-state index is 9.58. The topological polar surface area (TPSA) is 42.2 Å². The van der Waals surface area contributed by atoms with Crippen molar-refractivity contribution in [3.8, 4) is 17.6 Å². The van der Waals surface area contributed by atoms with E-state index in [-0.39, 0.29) is 5.41 Å². The first-order valence-corrected chi connectivity index (χ1v) is 6.65. The van der Waals surface area contributed by atoms with Crippen LogP contribution in [0.4, 0.5) is 0 Å². The van der Waals surface area contributed by atoms with Crippen LogP contribution in [0.15, 0.2) is 18.2 Å². The molecular formula is C15H17NO2. The van der Waals surface area contributed by atoms with Crippen LogP contribution < -0.4 is 9.47 Å². The molecule has 1 fully saturated rings. The molecule has 1 aliphatic heterocycles. The molecule has 18 heavy (non-hydrogen) atoms. The minimum absolute atomic E-state index is 0.311. The zero-order chi connectivity index (χ0) is 12.4. The van der Waals surface area contributed by atoms with E-state index in [9.17, 15) is 5.26 Å². The fourth-order valence-corrected chi connectivity index (χ4v) is 2.96. The Balaban J connectivity index is 1.98. The Bertz CT molecular complexity index is 484. The third kappa shape index (κ3) is 1.82. The van der Waals surface area contributed by atoms with Gasteiger partial charge in [-0.25, -0.2) is 0 Å². The first-order valence-electron chi connectivity index (χ1n) is 6.65. The van der Waals surface area contributed by atoms with E-state index < -0.39 is 0 Å². The predicted molar refractivity (Wildman–Crippen MR) is 67.8 cm³/mol. The van der Waals surface area contributed by atoms with Crippen molar-refractivity contribution >= 4 is 0 Å². The second-order valence-corrected chi connectivity index (χ2v) is 5.11. The van der Waals surface area contributed by atoms with E-state index in [2.05, 4.69) is 6.07 Å². The molecule has 1 aliphatic carbocycles. The van der Waals surface area contributed by atoms with Crippen LogP contribution in [0, 0.1) is 11.3 Å². The predicted octanol–water partition coefficient (Wildman–Crippen LogP) is 3.18. The van der Waals surface area contributed by atoms with E-state index >= 15 is 0 Å². The van der Waals surface area contributed by atoms with Crippen LogP contribution in [0.3, 0.4) is 0 Å². The number of fused-ring (bicyclic) bond motifs is 1. The summed E-state index contributed by atoms with van der Waals surface area (Å²) >= 11 is 0. The largest absolute Gasteiger partial charge is 0.486 e. The van der Waals surface area contributed by atoms with Gasteiger partial charge in [0.2, 0.25) is 0 Å². The van der Waals surface area contributed by atoms with Crippen molar-refractivity contribution in [1.29, 1.82) is 5.26 Å². The molecule has 0 N–H and O–H groups in total. The highest BCUT2D eigenvalue weighted by Gasteiger charge is 2.34. The summed E-state index contributed by atoms with van der Waals surface area (Å²) in [6.07, 6.45) is 5.45. The molecule has 1 heterocycles. The lowest BCUT2D eigenvalue weighted by Crippen LogP contribution is -2.27. The number of hydrogen-bond acceptors (Lipinski definition) is 3. The summed E-state index contributed by atoms with van der Waals surface area (Å²) in [7, 11) is 0. The van der Waals surface area contributed by atoms with Crippen LogP contribution in [0.1, 0.15) is 37.7 Å². The Morgan fingerprint density at radius 3 is 2.44 bits per heavy atom. The van der Waals surface area contributed by atoms with E-state index in [0.717, 1.165) is 42.7 Å². The van der Waals surface area contributed by atoms with Crippen molar-refractivity contribution in [3.63, 3.8) is 0 Å². The molecule has 3 rings (SSSR count). The zero-order valence-corrected chi connectivity index (χ0v) is 10.4. The van der Waals surface area contributed by atoms with Crippen molar-refractivity contribution in [3.05, 3.63) is 23.8 Å². The van der Waals surface area contributed by atoms with Gasteiger partial charge in [0.1, 0.15) is 13.2 Å². The second kappa shape index (κ2) is 4.53. The third-order valence-electron chi connectivity index (χ3n) is 4.02. The van der Waals surface area contributed by atoms with E-state index in [1.165, 1.54) is 6.42 Å². The van der Waals surface area contributed by atoms with E-state index in [1.54, 1.807) is 0 Å². The molecule has 0 bridgehead atoms. The van der Waals surface area contributed by atoms with E-state index in [4.69, 9.17) is 9.47 Å². The average Bonchev–Trinajstić information content (AvgIpc) is 2.47. The minimum Gasteiger partial charge on any atom is -0.486 e. The molecule has 0 saturated heterocycles. The summed E-state index contributed by atoms with van der Waals surface area (Å²) in [6, 6.07) is 8.52. The fourth-order valence-electron chi connectivity index (χ4n) is 2.96. The quantitative estimate of drug-likeness (QED) is 0.760. The zero-order valence-electron chi connectivity index (χ0n) is 10.4. The van der Waals surface area contributed by atoms with Crippen molar-refractivity contribution in [2.24, 2.45) is 0 Å². The van der Waals surface area contributed by atoms with Gasteiger partial charge in [0.25, 0.3) is 0 Å². The summed E-state index contributed by atoms with van der Waals surface area (Å²) in [4.78, 5) is 0. The summed E-state index contributed by atoms with van der Waals surface area (Å²) in [6.45, 7) is 1.20. The maximum absolute atomic E-state index is 9.58. The normalized spacial score (nSPS) is 21.1. The summed E-state index contributed by atoms with van der Waals surface area (Å²) in [5, 5.41) is 9.58. The van der Waals surface area contributed by atoms with Gasteiger partial charge in [0, 0.05) is 0 Å². The number of ether oxygens (including phenoxy) is 2. The van der Waals surface area contributed by atoms with Gasteiger partial charge in [-0.3, -0.25) is 0 Å². The van der Waals surface area contributed by atoms with Crippen molar-refractivity contribution < 1.29 is 9.47 Å². The van der Waals surface area contributed by atoms with Crippen LogP contribution in [-0.2, 0) is 5.41 Å². The molecule has 1 aromatic carbocycles. The van der Waals surface area contributed by atoms with E-state index in [0.29, 0.717) is 13.2 Å². The smallest absolute Gasteiger partial charge is 0.161 e. The highest BCUT2D eigenvalue weighted by molar-refractivity contribution is 5.47. The molecule has 0 unspecified atom stereocenters. The van der Waals surface area contributed by atoms with Crippen LogP contribution in [-0.4, -0.2) is 13.2 Å². The molecule has 0 amide bonds. The summed E-state index contributed by atoms with van der Waals surface area (Å²) in [5.41, 5.74) is 0.780. The Kier molecular flexibility index (Phi) is 2.87. The Morgan fingerprint density at radius 1 is 1.00 bits per heavy atom. The van der Waals surface area contributed by atoms with Gasteiger partial charge in [0.05, 0.1) is 11.5 Å². The lowest BCUT2D eigenvalue weighted by atomic mass is 9.70. The van der Waals surface area contributed by atoms with Gasteiger partial charge in [-0.2, -0.15) is 5.26 Å². The molecular weight excluding hydrogens is 226 g/mol. The second-order valence-electron chi connectivity index (χ2n) is 5.11. The van der Waals surface area contributed by atoms with Gasteiger partial charge in [-0.1, -0.05) is 25.3 Å². The lowest BCUT2D eigenvalue weighted by molar-refractivity contribution is 0.171. The van der Waals surface area contributed by atoms with Gasteiger partial charge < -0.3 is 9.47 Å². The summed E-state index contributed by atoms with van der Waals surface area (Å²) in [5.74, 6) is 1.59. The first-order chi connectivity index (χ1) is 8.84. The number of nitriles is 1. The molecule has 1 aromatic rings. The number of hydrogen-bond donors (Lipinski definition) is 0. The Labute approximate surface area is 107 Å². The molecule has 0 aromatic heterocycles. The van der Waals surface area contributed by atoms with Crippen molar-refractivity contribution in [1.82, 2.24) is 0 Å². The van der Waals surface area contributed by atoms with Gasteiger partial charge in [-0.15, -0.1) is 0 Å². The molecule has 3 heteroatoms. The van der Waals surface area contributed by atoms with Crippen LogP contribution in [0.25, 0.3) is 0 Å². The number of rotatable bonds is 1. The fraction of sp³-hybridized carbons (Fsp3) is 0.533. The minimum atomic E-state index is -0.311. The molecule has 0 radical (unpaired) electrons. The van der Waals surface area contributed by atoms with Crippen LogP contribution in [0.5, 0.6) is 11.5 Å². The molecule has 0 spiro atoms. The number of benzene rings is 1. The number of nitrogens with zero attached hydrogens (tertiary/aromatic N) is 1. The standard InChI is InChI=1S/C15H17NO2/c16-11-15(6-2-1-3-7-15)12-4-5-13-14(10-12)18-9-8-17-13/h4-5,10H,1-3,6-9H2. The lowest BCUT2D eigenvalue weighted by Gasteiger charge is -2.32. The van der Waals surface area contributed by atoms with Gasteiger partial charge in [-0.05, 0) is 30.5 Å². The first kappa shape index (κ1) is 11.4. The third-order valence-corrected chi connectivity index (χ3v) is 4.02.